The van der Waals surface area contributed by atoms with Crippen molar-refractivity contribution in [2.75, 3.05) is 13.1 Å². The quantitative estimate of drug-likeness (QED) is 0.639. The van der Waals surface area contributed by atoms with Crippen LogP contribution >= 0.6 is 0 Å². The zero-order chi connectivity index (χ0) is 14.2. The fourth-order valence-corrected chi connectivity index (χ4v) is 2.87. The standard InChI is InChI=1S/C12H16N2O5/c1-6-2-7(8(3-6)12(18)19)11(17)14-4-9(15)13-10(16)5-14/h6-8H,2-5H2,1H3,(H,18,19)(H,13,15,16). The van der Waals surface area contributed by atoms with Crippen LogP contribution in [0.25, 0.3) is 0 Å². The number of nitrogens with zero attached hydrogens (tertiary/aromatic N) is 1. The molecule has 19 heavy (non-hydrogen) atoms. The fourth-order valence-electron chi connectivity index (χ4n) is 2.87. The second-order valence-electron chi connectivity index (χ2n) is 5.29. The highest BCUT2D eigenvalue weighted by molar-refractivity contribution is 6.03. The van der Waals surface area contributed by atoms with E-state index in [9.17, 15) is 19.2 Å². The van der Waals surface area contributed by atoms with E-state index in [-0.39, 0.29) is 19.0 Å². The number of imide groups is 1. The van der Waals surface area contributed by atoms with E-state index in [1.165, 1.54) is 0 Å². The maximum Gasteiger partial charge on any atom is 0.307 e. The summed E-state index contributed by atoms with van der Waals surface area (Å²) < 4.78 is 0. The predicted molar refractivity (Wildman–Crippen MR) is 62.7 cm³/mol. The molecule has 0 spiro atoms. The summed E-state index contributed by atoms with van der Waals surface area (Å²) in [7, 11) is 0. The Hall–Kier alpha value is -1.92. The van der Waals surface area contributed by atoms with E-state index in [2.05, 4.69) is 5.32 Å². The lowest BCUT2D eigenvalue weighted by Crippen LogP contribution is -2.55. The fraction of sp³-hybridized carbons (Fsp3) is 0.667. The van der Waals surface area contributed by atoms with E-state index in [4.69, 9.17) is 5.11 Å². The molecule has 3 amide bonds. The van der Waals surface area contributed by atoms with Crippen LogP contribution in [0.3, 0.4) is 0 Å². The largest absolute Gasteiger partial charge is 0.481 e. The number of amides is 3. The first-order valence-corrected chi connectivity index (χ1v) is 6.22. The second-order valence-corrected chi connectivity index (χ2v) is 5.29. The van der Waals surface area contributed by atoms with Gasteiger partial charge in [0.05, 0.1) is 11.8 Å². The SMILES string of the molecule is CC1CC(C(=O)O)C(C(=O)N2CC(=O)NC(=O)C2)C1. The Bertz CT molecular complexity index is 431. The van der Waals surface area contributed by atoms with Gasteiger partial charge in [0.25, 0.3) is 0 Å². The van der Waals surface area contributed by atoms with E-state index in [1.807, 2.05) is 6.92 Å². The highest BCUT2D eigenvalue weighted by Crippen LogP contribution is 2.37. The Morgan fingerprint density at radius 1 is 1.16 bits per heavy atom. The van der Waals surface area contributed by atoms with E-state index in [0.717, 1.165) is 4.90 Å². The Morgan fingerprint density at radius 3 is 2.21 bits per heavy atom. The summed E-state index contributed by atoms with van der Waals surface area (Å²) >= 11 is 0. The van der Waals surface area contributed by atoms with E-state index in [0.29, 0.717) is 12.8 Å². The normalized spacial score (nSPS) is 31.2. The molecule has 1 aliphatic carbocycles. The molecule has 0 radical (unpaired) electrons. The van der Waals surface area contributed by atoms with Crippen LogP contribution in [0.4, 0.5) is 0 Å². The molecular weight excluding hydrogens is 252 g/mol. The summed E-state index contributed by atoms with van der Waals surface area (Å²) in [6.45, 7) is 1.54. The van der Waals surface area contributed by atoms with Crippen LogP contribution in [0, 0.1) is 17.8 Å². The zero-order valence-electron chi connectivity index (χ0n) is 10.6. The van der Waals surface area contributed by atoms with E-state index >= 15 is 0 Å². The first kappa shape index (κ1) is 13.5. The average Bonchev–Trinajstić information content (AvgIpc) is 2.69. The molecule has 2 rings (SSSR count). The topological polar surface area (TPSA) is 104 Å². The number of hydrogen-bond donors (Lipinski definition) is 2. The number of piperazine rings is 1. The van der Waals surface area contributed by atoms with Gasteiger partial charge in [0, 0.05) is 0 Å². The van der Waals surface area contributed by atoms with Gasteiger partial charge >= 0.3 is 5.97 Å². The van der Waals surface area contributed by atoms with Crippen LogP contribution in [-0.4, -0.2) is 46.8 Å². The lowest BCUT2D eigenvalue weighted by atomic mass is 9.94. The van der Waals surface area contributed by atoms with Crippen molar-refractivity contribution in [1.82, 2.24) is 10.2 Å². The minimum atomic E-state index is -0.990. The minimum absolute atomic E-state index is 0.157. The summed E-state index contributed by atoms with van der Waals surface area (Å²) in [5, 5.41) is 11.2. The maximum absolute atomic E-state index is 12.3. The molecule has 2 aliphatic rings. The number of aliphatic carboxylic acids is 1. The molecular formula is C12H16N2O5. The van der Waals surface area contributed by atoms with Crippen molar-refractivity contribution < 1.29 is 24.3 Å². The Balaban J connectivity index is 2.12. The van der Waals surface area contributed by atoms with Crippen LogP contribution < -0.4 is 5.32 Å². The number of nitrogens with one attached hydrogen (secondary N) is 1. The second kappa shape index (κ2) is 4.99. The monoisotopic (exact) mass is 268 g/mol. The van der Waals surface area contributed by atoms with Crippen molar-refractivity contribution in [3.05, 3.63) is 0 Å². The summed E-state index contributed by atoms with van der Waals surface area (Å²) in [4.78, 5) is 47.1. The van der Waals surface area contributed by atoms with Gasteiger partial charge in [-0.15, -0.1) is 0 Å². The molecule has 3 unspecified atom stereocenters. The third kappa shape index (κ3) is 2.74. The maximum atomic E-state index is 12.3. The molecule has 104 valence electrons. The van der Waals surface area contributed by atoms with Gasteiger partial charge in [0.1, 0.15) is 13.1 Å². The number of carbonyl (C=O) groups excluding carboxylic acids is 3. The molecule has 1 saturated carbocycles. The zero-order valence-corrected chi connectivity index (χ0v) is 10.6. The lowest BCUT2D eigenvalue weighted by molar-refractivity contribution is -0.152. The Morgan fingerprint density at radius 2 is 1.68 bits per heavy atom. The van der Waals surface area contributed by atoms with Crippen molar-refractivity contribution in [2.45, 2.75) is 19.8 Å². The Kier molecular flexibility index (Phi) is 3.55. The van der Waals surface area contributed by atoms with Gasteiger partial charge in [-0.05, 0) is 18.8 Å². The summed E-state index contributed by atoms with van der Waals surface area (Å²) in [6, 6.07) is 0. The minimum Gasteiger partial charge on any atom is -0.481 e. The molecule has 0 bridgehead atoms. The third-order valence-corrected chi connectivity index (χ3v) is 3.69. The van der Waals surface area contributed by atoms with Gasteiger partial charge in [-0.2, -0.15) is 0 Å². The molecule has 7 nitrogen and oxygen atoms in total. The summed E-state index contributed by atoms with van der Waals surface area (Å²) in [5.41, 5.74) is 0. The Labute approximate surface area is 109 Å². The van der Waals surface area contributed by atoms with Gasteiger partial charge in [-0.3, -0.25) is 24.5 Å². The molecule has 3 atom stereocenters. The number of hydrogen-bond acceptors (Lipinski definition) is 4. The van der Waals surface area contributed by atoms with Gasteiger partial charge in [0.2, 0.25) is 17.7 Å². The van der Waals surface area contributed by atoms with Crippen molar-refractivity contribution in [1.29, 1.82) is 0 Å². The van der Waals surface area contributed by atoms with Crippen molar-refractivity contribution in [3.8, 4) is 0 Å². The van der Waals surface area contributed by atoms with Crippen molar-refractivity contribution in [3.63, 3.8) is 0 Å². The van der Waals surface area contributed by atoms with Gasteiger partial charge in [-0.1, -0.05) is 6.92 Å². The number of rotatable bonds is 2. The highest BCUT2D eigenvalue weighted by Gasteiger charge is 2.44. The number of carbonyl (C=O) groups is 4. The van der Waals surface area contributed by atoms with Crippen LogP contribution in [0.15, 0.2) is 0 Å². The van der Waals surface area contributed by atoms with Crippen LogP contribution in [0.2, 0.25) is 0 Å². The molecule has 2 N–H and O–H groups in total. The summed E-state index contributed by atoms with van der Waals surface area (Å²) in [6.07, 6.45) is 0.946. The third-order valence-electron chi connectivity index (χ3n) is 3.69. The van der Waals surface area contributed by atoms with Gasteiger partial charge in [0.15, 0.2) is 0 Å². The highest BCUT2D eigenvalue weighted by atomic mass is 16.4. The van der Waals surface area contributed by atoms with Gasteiger partial charge in [-0.25, -0.2) is 0 Å². The van der Waals surface area contributed by atoms with E-state index < -0.39 is 35.5 Å². The lowest BCUT2D eigenvalue weighted by Gasteiger charge is -2.29. The molecule has 2 fully saturated rings. The molecule has 7 heteroatoms. The smallest absolute Gasteiger partial charge is 0.307 e. The predicted octanol–water partition coefficient (Wildman–Crippen LogP) is -0.782. The first-order chi connectivity index (χ1) is 8.88. The molecule has 0 aromatic heterocycles. The van der Waals surface area contributed by atoms with Crippen LogP contribution in [0.5, 0.6) is 0 Å². The molecule has 1 aliphatic heterocycles. The van der Waals surface area contributed by atoms with E-state index in [1.54, 1.807) is 0 Å². The molecule has 1 saturated heterocycles. The average molecular weight is 268 g/mol. The number of carboxylic acids is 1. The van der Waals surface area contributed by atoms with Crippen LogP contribution in [-0.2, 0) is 19.2 Å². The molecule has 0 aromatic carbocycles. The van der Waals surface area contributed by atoms with Gasteiger partial charge < -0.3 is 10.0 Å². The summed E-state index contributed by atoms with van der Waals surface area (Å²) in [5.74, 6) is -3.64. The molecule has 1 heterocycles. The van der Waals surface area contributed by atoms with Crippen LogP contribution in [0.1, 0.15) is 19.8 Å². The molecule has 0 aromatic rings. The number of carboxylic acid groups (broad SMARTS) is 1. The first-order valence-electron chi connectivity index (χ1n) is 6.22. The van der Waals surface area contributed by atoms with Crippen molar-refractivity contribution in [2.24, 2.45) is 17.8 Å². The van der Waals surface area contributed by atoms with Crippen molar-refractivity contribution >= 4 is 23.7 Å².